The van der Waals surface area contributed by atoms with E-state index in [2.05, 4.69) is 114 Å². The summed E-state index contributed by atoms with van der Waals surface area (Å²) in [5.74, 6) is -0.144. The van der Waals surface area contributed by atoms with E-state index in [0.717, 1.165) is 122 Å². The molecule has 0 bridgehead atoms. The van der Waals surface area contributed by atoms with Crippen molar-refractivity contribution in [1.29, 1.82) is 0 Å². The highest BCUT2D eigenvalue weighted by atomic mass is 28.4. The van der Waals surface area contributed by atoms with Crippen LogP contribution in [0.25, 0.3) is 0 Å². The van der Waals surface area contributed by atoms with Crippen molar-refractivity contribution in [3.8, 4) is 0 Å². The number of unbranched alkanes of at least 4 members (excludes halogenated alkanes) is 20. The maximum atomic E-state index is 13.6. The zero-order chi connectivity index (χ0) is 54.0. The fourth-order valence-electron chi connectivity index (χ4n) is 10.9. The fraction of sp³-hybridized carbons (Fsp3) is 0.769. The van der Waals surface area contributed by atoms with Crippen LogP contribution < -0.4 is 15.7 Å². The minimum atomic E-state index is -2.60. The van der Waals surface area contributed by atoms with Gasteiger partial charge in [-0.05, 0) is 79.7 Å². The lowest BCUT2D eigenvalue weighted by molar-refractivity contribution is -0.150. The number of nitrogens with zero attached hydrogens (tertiary/aromatic N) is 1. The monoisotopic (exact) mass is 1050 g/mol. The van der Waals surface area contributed by atoms with Gasteiger partial charge in [0.25, 0.3) is 8.32 Å². The molecule has 0 radical (unpaired) electrons. The average Bonchev–Trinajstić information content (AvgIpc) is 3.39. The molecular weight excluding hydrogens is 933 g/mol. The Kier molecular flexibility index (Phi) is 39.0. The normalized spacial score (nSPS) is 13.1. The van der Waals surface area contributed by atoms with E-state index in [0.29, 0.717) is 25.9 Å². The maximum absolute atomic E-state index is 13.6. The van der Waals surface area contributed by atoms with Gasteiger partial charge in [0, 0.05) is 25.6 Å². The van der Waals surface area contributed by atoms with E-state index in [-0.39, 0.29) is 41.3 Å². The molecule has 8 nitrogen and oxygen atoms in total. The summed E-state index contributed by atoms with van der Waals surface area (Å²) in [5.41, 5.74) is 0. The van der Waals surface area contributed by atoms with E-state index in [1.807, 2.05) is 0 Å². The Hall–Kier alpha value is -3.01. The van der Waals surface area contributed by atoms with Crippen molar-refractivity contribution in [2.24, 2.45) is 11.8 Å². The highest BCUT2D eigenvalue weighted by molar-refractivity contribution is 6.99. The number of esters is 2. The molecule has 74 heavy (non-hydrogen) atoms. The van der Waals surface area contributed by atoms with E-state index >= 15 is 0 Å². The molecule has 9 heteroatoms. The first-order valence-electron chi connectivity index (χ1n) is 31.0. The predicted octanol–water partition coefficient (Wildman–Crippen LogP) is 16.3. The molecule has 0 saturated carbocycles. The zero-order valence-electron chi connectivity index (χ0n) is 49.3. The summed E-state index contributed by atoms with van der Waals surface area (Å²) in [5, 5.41) is 6.49. The van der Waals surface area contributed by atoms with Gasteiger partial charge in [0.2, 0.25) is 5.91 Å². The molecule has 0 fully saturated rings. The molecule has 0 aliphatic rings. The molecule has 0 aliphatic carbocycles. The molecule has 0 aromatic heterocycles. The predicted molar refractivity (Wildman–Crippen MR) is 317 cm³/mol. The topological polar surface area (TPSA) is 94.2 Å². The van der Waals surface area contributed by atoms with Gasteiger partial charge in [0.05, 0.1) is 19.1 Å². The Morgan fingerprint density at radius 3 is 1.34 bits per heavy atom. The molecule has 2 aromatic carbocycles. The SMILES string of the molecule is CCCCCCCCC(CCCCCC)C(=O)OCCCCCC(CCCCCOC(=O)CN(C)C(=O)C(CCCCCC)CCCCCCCC)NCCCO[Si](c1ccccc1)(c1ccccc1)C(C)(C)C. The average molecular weight is 1050 g/mol. The van der Waals surface area contributed by atoms with E-state index in [1.165, 1.54) is 107 Å². The van der Waals surface area contributed by atoms with Crippen LogP contribution in [0.3, 0.4) is 0 Å². The van der Waals surface area contributed by atoms with Crippen LogP contribution in [0.4, 0.5) is 0 Å². The zero-order valence-corrected chi connectivity index (χ0v) is 50.3. The van der Waals surface area contributed by atoms with Gasteiger partial charge in [-0.2, -0.15) is 0 Å². The number of ether oxygens (including phenoxy) is 2. The first kappa shape index (κ1) is 67.1. The lowest BCUT2D eigenvalue weighted by Crippen LogP contribution is -2.66. The molecule has 2 rings (SSSR count). The molecule has 1 amide bonds. The fourth-order valence-corrected chi connectivity index (χ4v) is 15.5. The third kappa shape index (κ3) is 28.9. The van der Waals surface area contributed by atoms with Crippen LogP contribution in [0.1, 0.15) is 260 Å². The van der Waals surface area contributed by atoms with Gasteiger partial charge in [-0.25, -0.2) is 0 Å². The Balaban J connectivity index is 1.96. The number of carbonyl (C=O) groups is 3. The molecule has 0 saturated heterocycles. The number of likely N-dealkylation sites (N-methyl/N-ethyl adjacent to an activating group) is 1. The van der Waals surface area contributed by atoms with Crippen LogP contribution in [0.5, 0.6) is 0 Å². The van der Waals surface area contributed by atoms with Crippen molar-refractivity contribution in [1.82, 2.24) is 10.2 Å². The van der Waals surface area contributed by atoms with Crippen molar-refractivity contribution in [2.75, 3.05) is 40.0 Å². The van der Waals surface area contributed by atoms with Gasteiger partial charge < -0.3 is 24.1 Å². The summed E-state index contributed by atoms with van der Waals surface area (Å²) >= 11 is 0. The second-order valence-electron chi connectivity index (χ2n) is 23.0. The number of hydrogen-bond donors (Lipinski definition) is 1. The summed E-state index contributed by atoms with van der Waals surface area (Å²) in [6.07, 6.45) is 36.8. The molecule has 424 valence electrons. The van der Waals surface area contributed by atoms with Crippen LogP contribution in [-0.2, 0) is 28.3 Å². The van der Waals surface area contributed by atoms with Gasteiger partial charge >= 0.3 is 11.9 Å². The summed E-state index contributed by atoms with van der Waals surface area (Å²) in [7, 11) is -0.826. The number of rotatable bonds is 48. The number of carbonyl (C=O) groups excluding carboxylic acids is 3. The van der Waals surface area contributed by atoms with E-state index in [4.69, 9.17) is 13.9 Å². The van der Waals surface area contributed by atoms with Crippen LogP contribution in [0, 0.1) is 11.8 Å². The molecule has 1 N–H and O–H groups in total. The standard InChI is InChI=1S/C65H114N2O6Si/c1-9-13-17-21-23-31-43-57(42-29-19-15-11-3)63(69)67(8)56-62(68)71-53-39-27-33-46-59(47-34-28-40-54-72-64(70)58(44-30-20-16-12-4)45-32-24-22-18-14-10-2)66-52-41-55-73-74(65(5,6)7,60-48-35-25-36-49-60)61-50-37-26-38-51-61/h25-26,35-38,48-51,57-59,66H,9-24,27-34,39-47,52-56H2,1-8H3. The Labute approximate surface area is 456 Å². The molecule has 0 spiro atoms. The van der Waals surface area contributed by atoms with E-state index in [9.17, 15) is 14.4 Å². The number of amides is 1. The van der Waals surface area contributed by atoms with Gasteiger partial charge in [0.15, 0.2) is 0 Å². The number of nitrogens with one attached hydrogen (secondary N) is 1. The second-order valence-corrected chi connectivity index (χ2v) is 27.3. The van der Waals surface area contributed by atoms with Crippen molar-refractivity contribution in [3.63, 3.8) is 0 Å². The molecule has 0 heterocycles. The largest absolute Gasteiger partial charge is 0.465 e. The molecule has 3 atom stereocenters. The van der Waals surface area contributed by atoms with Crippen molar-refractivity contribution in [2.45, 2.75) is 271 Å². The summed E-state index contributed by atoms with van der Waals surface area (Å²) < 4.78 is 18.9. The minimum Gasteiger partial charge on any atom is -0.465 e. The minimum absolute atomic E-state index is 0.00729. The quantitative estimate of drug-likeness (QED) is 0.0401. The highest BCUT2D eigenvalue weighted by Crippen LogP contribution is 2.37. The lowest BCUT2D eigenvalue weighted by Gasteiger charge is -2.43. The van der Waals surface area contributed by atoms with Gasteiger partial charge in [-0.3, -0.25) is 14.4 Å². The third-order valence-corrected chi connectivity index (χ3v) is 20.5. The molecule has 0 aliphatic heterocycles. The Bertz CT molecular complexity index is 1610. The first-order valence-corrected chi connectivity index (χ1v) is 32.9. The van der Waals surface area contributed by atoms with Crippen molar-refractivity contribution >= 4 is 36.5 Å². The smallest absolute Gasteiger partial charge is 0.325 e. The second kappa shape index (κ2) is 43.0. The van der Waals surface area contributed by atoms with Crippen LogP contribution >= 0.6 is 0 Å². The summed E-state index contributed by atoms with van der Waals surface area (Å²) in [6, 6.07) is 22.2. The molecule has 3 unspecified atom stereocenters. The lowest BCUT2D eigenvalue weighted by atomic mass is 9.93. The summed E-state index contributed by atoms with van der Waals surface area (Å²) in [6.45, 7) is 18.4. The Morgan fingerprint density at radius 2 is 0.878 bits per heavy atom. The summed E-state index contributed by atoms with van der Waals surface area (Å²) in [4.78, 5) is 41.5. The first-order chi connectivity index (χ1) is 35.9. The van der Waals surface area contributed by atoms with E-state index in [1.54, 1.807) is 11.9 Å². The van der Waals surface area contributed by atoms with Crippen LogP contribution in [-0.4, -0.2) is 77.1 Å². The van der Waals surface area contributed by atoms with Crippen LogP contribution in [0.2, 0.25) is 5.04 Å². The maximum Gasteiger partial charge on any atom is 0.325 e. The molecular formula is C65H114N2O6Si. The molecule has 2 aromatic rings. The van der Waals surface area contributed by atoms with Crippen molar-refractivity contribution in [3.05, 3.63) is 60.7 Å². The third-order valence-electron chi connectivity index (χ3n) is 15.4. The number of hydrogen-bond acceptors (Lipinski definition) is 7. The highest BCUT2D eigenvalue weighted by Gasteiger charge is 2.50. The van der Waals surface area contributed by atoms with Gasteiger partial charge in [-0.1, -0.05) is 263 Å². The van der Waals surface area contributed by atoms with Crippen LogP contribution in [0.15, 0.2) is 60.7 Å². The number of benzene rings is 2. The Morgan fingerprint density at radius 1 is 0.486 bits per heavy atom. The van der Waals surface area contributed by atoms with Gasteiger partial charge in [-0.15, -0.1) is 0 Å². The van der Waals surface area contributed by atoms with Crippen molar-refractivity contribution < 1.29 is 28.3 Å². The van der Waals surface area contributed by atoms with E-state index < -0.39 is 8.32 Å². The van der Waals surface area contributed by atoms with Gasteiger partial charge in [0.1, 0.15) is 6.54 Å².